The molecule has 2 heterocycles. The Labute approximate surface area is 176 Å². The van der Waals surface area contributed by atoms with E-state index < -0.39 is 15.8 Å². The van der Waals surface area contributed by atoms with Crippen LogP contribution in [0, 0.1) is 11.7 Å². The van der Waals surface area contributed by atoms with Crippen LogP contribution in [0.4, 0.5) is 10.1 Å². The second-order valence-electron chi connectivity index (χ2n) is 7.80. The lowest BCUT2D eigenvalue weighted by atomic mass is 9.97. The fourth-order valence-corrected chi connectivity index (χ4v) is 5.72. The van der Waals surface area contributed by atoms with Crippen molar-refractivity contribution in [1.82, 2.24) is 9.21 Å². The zero-order valence-electron chi connectivity index (χ0n) is 16.8. The molecule has 1 amide bonds. The monoisotopic (exact) mass is 431 g/mol. The Hall–Kier alpha value is -2.45. The lowest BCUT2D eigenvalue weighted by molar-refractivity contribution is -0.137. The van der Waals surface area contributed by atoms with Gasteiger partial charge >= 0.3 is 0 Å². The summed E-state index contributed by atoms with van der Waals surface area (Å²) in [6, 6.07) is 15.0. The van der Waals surface area contributed by atoms with Crippen molar-refractivity contribution in [3.8, 4) is 0 Å². The van der Waals surface area contributed by atoms with Crippen LogP contribution in [-0.4, -0.2) is 62.8 Å². The highest BCUT2D eigenvalue weighted by molar-refractivity contribution is 7.89. The fourth-order valence-electron chi connectivity index (χ4n) is 4.20. The largest absolute Gasteiger partial charge is 0.368 e. The van der Waals surface area contributed by atoms with Gasteiger partial charge in [0.2, 0.25) is 15.9 Å². The molecule has 8 heteroatoms. The molecule has 2 aromatic carbocycles. The maximum atomic E-state index is 13.2. The smallest absolute Gasteiger partial charge is 0.243 e. The highest BCUT2D eigenvalue weighted by Gasteiger charge is 2.35. The van der Waals surface area contributed by atoms with Crippen molar-refractivity contribution in [1.29, 1.82) is 0 Å². The first-order valence-corrected chi connectivity index (χ1v) is 11.7. The number of carbonyl (C=O) groups excluding carboxylic acids is 1. The maximum Gasteiger partial charge on any atom is 0.243 e. The number of piperazine rings is 1. The third-order valence-electron chi connectivity index (χ3n) is 5.90. The standard InChI is InChI=1S/C22H26FN3O3S/c23-19-8-10-21(11-9-19)30(28,29)26-12-4-5-18(17-26)22(27)25-15-13-24(14-16-25)20-6-2-1-3-7-20/h1-3,6-11,18H,4-5,12-17H2. The van der Waals surface area contributed by atoms with Crippen molar-refractivity contribution in [2.45, 2.75) is 17.7 Å². The van der Waals surface area contributed by atoms with Crippen LogP contribution >= 0.6 is 0 Å². The van der Waals surface area contributed by atoms with E-state index in [-0.39, 0.29) is 23.3 Å². The molecule has 0 N–H and O–H groups in total. The first kappa shape index (κ1) is 20.8. The normalized spacial score (nSPS) is 20.9. The molecule has 1 atom stereocenters. The number of para-hydroxylation sites is 1. The zero-order chi connectivity index (χ0) is 21.1. The molecule has 0 spiro atoms. The van der Waals surface area contributed by atoms with Crippen LogP contribution in [0.25, 0.3) is 0 Å². The highest BCUT2D eigenvalue weighted by Crippen LogP contribution is 2.26. The molecule has 1 unspecified atom stereocenters. The van der Waals surface area contributed by atoms with Crippen molar-refractivity contribution >= 4 is 21.6 Å². The van der Waals surface area contributed by atoms with Gasteiger partial charge in [-0.2, -0.15) is 4.31 Å². The molecule has 2 aliphatic heterocycles. The summed E-state index contributed by atoms with van der Waals surface area (Å²) >= 11 is 0. The molecule has 2 aromatic rings. The Bertz CT molecular complexity index is 974. The van der Waals surface area contributed by atoms with Gasteiger partial charge in [0.1, 0.15) is 5.82 Å². The number of carbonyl (C=O) groups is 1. The van der Waals surface area contributed by atoms with Crippen LogP contribution in [0.15, 0.2) is 59.5 Å². The van der Waals surface area contributed by atoms with Crippen LogP contribution in [-0.2, 0) is 14.8 Å². The number of nitrogens with zero attached hydrogens (tertiary/aromatic N) is 3. The van der Waals surface area contributed by atoms with Crippen LogP contribution in [0.5, 0.6) is 0 Å². The van der Waals surface area contributed by atoms with Crippen LogP contribution < -0.4 is 4.90 Å². The maximum absolute atomic E-state index is 13.2. The summed E-state index contributed by atoms with van der Waals surface area (Å²) in [6.07, 6.45) is 1.33. The molecule has 0 bridgehead atoms. The van der Waals surface area contributed by atoms with E-state index in [0.717, 1.165) is 30.9 Å². The molecule has 2 fully saturated rings. The van der Waals surface area contributed by atoms with Gasteiger partial charge in [-0.05, 0) is 49.2 Å². The van der Waals surface area contributed by atoms with E-state index in [4.69, 9.17) is 0 Å². The number of amides is 1. The predicted molar refractivity (Wildman–Crippen MR) is 113 cm³/mol. The van der Waals surface area contributed by atoms with E-state index in [9.17, 15) is 17.6 Å². The topological polar surface area (TPSA) is 60.9 Å². The van der Waals surface area contributed by atoms with E-state index in [0.29, 0.717) is 32.5 Å². The molecule has 160 valence electrons. The SMILES string of the molecule is O=C(C1CCCN(S(=O)(=O)c2ccc(F)cc2)C1)N1CCN(c2ccccc2)CC1. The average Bonchev–Trinajstić information content (AvgIpc) is 2.80. The zero-order valence-corrected chi connectivity index (χ0v) is 17.6. The Morgan fingerprint density at radius 2 is 1.57 bits per heavy atom. The Balaban J connectivity index is 1.39. The average molecular weight is 432 g/mol. The summed E-state index contributed by atoms with van der Waals surface area (Å²) in [5.41, 5.74) is 1.15. The number of hydrogen-bond acceptors (Lipinski definition) is 4. The summed E-state index contributed by atoms with van der Waals surface area (Å²) < 4.78 is 40.4. The van der Waals surface area contributed by atoms with Gasteiger partial charge < -0.3 is 9.80 Å². The minimum absolute atomic E-state index is 0.0294. The molecule has 4 rings (SSSR count). The lowest BCUT2D eigenvalue weighted by Crippen LogP contribution is -2.53. The van der Waals surface area contributed by atoms with E-state index in [1.54, 1.807) is 0 Å². The number of halogens is 1. The lowest BCUT2D eigenvalue weighted by Gasteiger charge is -2.39. The van der Waals surface area contributed by atoms with Crippen molar-refractivity contribution in [2.24, 2.45) is 5.92 Å². The molecule has 2 saturated heterocycles. The van der Waals surface area contributed by atoms with Gasteiger partial charge in [-0.1, -0.05) is 18.2 Å². The number of hydrogen-bond donors (Lipinski definition) is 0. The predicted octanol–water partition coefficient (Wildman–Crippen LogP) is 2.58. The number of piperidine rings is 1. The summed E-state index contributed by atoms with van der Waals surface area (Å²) in [4.78, 5) is 17.3. The summed E-state index contributed by atoms with van der Waals surface area (Å²) in [5.74, 6) is -0.783. The minimum Gasteiger partial charge on any atom is -0.368 e. The molecule has 0 aliphatic carbocycles. The van der Waals surface area contributed by atoms with Gasteiger partial charge in [-0.25, -0.2) is 12.8 Å². The first-order valence-electron chi connectivity index (χ1n) is 10.3. The van der Waals surface area contributed by atoms with Gasteiger partial charge in [-0.15, -0.1) is 0 Å². The van der Waals surface area contributed by atoms with E-state index in [1.165, 1.54) is 16.4 Å². The molecule has 6 nitrogen and oxygen atoms in total. The molecule has 0 saturated carbocycles. The second kappa shape index (κ2) is 8.73. The number of benzene rings is 2. The Kier molecular flexibility index (Phi) is 6.06. The summed E-state index contributed by atoms with van der Waals surface area (Å²) in [5, 5.41) is 0. The molecule has 0 radical (unpaired) electrons. The van der Waals surface area contributed by atoms with Crippen LogP contribution in [0.1, 0.15) is 12.8 Å². The van der Waals surface area contributed by atoms with Crippen LogP contribution in [0.3, 0.4) is 0 Å². The van der Waals surface area contributed by atoms with Crippen molar-refractivity contribution < 1.29 is 17.6 Å². The van der Waals surface area contributed by atoms with Gasteiger partial charge in [0.25, 0.3) is 0 Å². The van der Waals surface area contributed by atoms with Gasteiger partial charge in [0.05, 0.1) is 10.8 Å². The molecular weight excluding hydrogens is 405 g/mol. The molecule has 30 heavy (non-hydrogen) atoms. The number of sulfonamides is 1. The first-order chi connectivity index (χ1) is 14.4. The quantitative estimate of drug-likeness (QED) is 0.747. The van der Waals surface area contributed by atoms with Gasteiger partial charge in [0.15, 0.2) is 0 Å². The third-order valence-corrected chi connectivity index (χ3v) is 7.78. The fraction of sp³-hybridized carbons (Fsp3) is 0.409. The number of anilines is 1. The molecule has 2 aliphatic rings. The number of rotatable bonds is 4. The highest BCUT2D eigenvalue weighted by atomic mass is 32.2. The summed E-state index contributed by atoms with van der Waals surface area (Å²) in [7, 11) is -3.73. The van der Waals surface area contributed by atoms with E-state index >= 15 is 0 Å². The molecular formula is C22H26FN3O3S. The second-order valence-corrected chi connectivity index (χ2v) is 9.74. The van der Waals surface area contributed by atoms with Crippen molar-refractivity contribution in [3.05, 3.63) is 60.4 Å². The van der Waals surface area contributed by atoms with Gasteiger partial charge in [0, 0.05) is 45.0 Å². The minimum atomic E-state index is -3.73. The van der Waals surface area contributed by atoms with E-state index in [1.807, 2.05) is 23.1 Å². The Morgan fingerprint density at radius 3 is 2.23 bits per heavy atom. The van der Waals surface area contributed by atoms with Crippen molar-refractivity contribution in [3.63, 3.8) is 0 Å². The van der Waals surface area contributed by atoms with E-state index in [2.05, 4.69) is 17.0 Å². The third kappa shape index (κ3) is 4.34. The van der Waals surface area contributed by atoms with Crippen LogP contribution in [0.2, 0.25) is 0 Å². The Morgan fingerprint density at radius 1 is 0.900 bits per heavy atom. The van der Waals surface area contributed by atoms with Crippen molar-refractivity contribution in [2.75, 3.05) is 44.2 Å². The van der Waals surface area contributed by atoms with Gasteiger partial charge in [-0.3, -0.25) is 4.79 Å². The molecule has 0 aromatic heterocycles. The summed E-state index contributed by atoms with van der Waals surface area (Å²) in [6.45, 7) is 3.35.